The van der Waals surface area contributed by atoms with Crippen molar-refractivity contribution in [3.05, 3.63) is 41.7 Å². The van der Waals surface area contributed by atoms with Gasteiger partial charge in [-0.2, -0.15) is 0 Å². The Labute approximate surface area is 101 Å². The molecule has 1 aromatic carbocycles. The molecule has 0 atom stereocenters. The summed E-state index contributed by atoms with van der Waals surface area (Å²) in [6, 6.07) is 7.05. The van der Waals surface area contributed by atoms with Crippen molar-refractivity contribution in [2.45, 2.75) is 4.90 Å². The summed E-state index contributed by atoms with van der Waals surface area (Å²) in [5.74, 6) is 0.437. The van der Waals surface area contributed by atoms with Crippen LogP contribution in [0.1, 0.15) is 0 Å². The van der Waals surface area contributed by atoms with E-state index in [9.17, 15) is 4.79 Å². The molecule has 1 heterocycles. The molecule has 0 saturated heterocycles. The highest BCUT2D eigenvalue weighted by molar-refractivity contribution is 8.13. The van der Waals surface area contributed by atoms with Gasteiger partial charge in [-0.1, -0.05) is 11.6 Å². The third-order valence-electron chi connectivity index (χ3n) is 1.74. The Morgan fingerprint density at radius 3 is 2.75 bits per heavy atom. The SMILES string of the molecule is O=C(Nc1ncc[nH]1)Sc1ccc(Cl)cc1. The molecule has 0 unspecified atom stereocenters. The molecule has 0 bridgehead atoms. The molecule has 6 heteroatoms. The summed E-state index contributed by atoms with van der Waals surface area (Å²) in [6.07, 6.45) is 3.21. The van der Waals surface area contributed by atoms with Crippen molar-refractivity contribution in [1.82, 2.24) is 9.97 Å². The zero-order valence-electron chi connectivity index (χ0n) is 8.11. The van der Waals surface area contributed by atoms with Crippen LogP contribution in [0, 0.1) is 0 Å². The number of imidazole rings is 1. The second kappa shape index (κ2) is 5.05. The van der Waals surface area contributed by atoms with E-state index >= 15 is 0 Å². The fourth-order valence-electron chi connectivity index (χ4n) is 1.07. The largest absolute Gasteiger partial charge is 0.331 e. The van der Waals surface area contributed by atoms with Crippen molar-refractivity contribution in [3.8, 4) is 0 Å². The molecule has 0 fully saturated rings. The zero-order chi connectivity index (χ0) is 11.4. The standard InChI is InChI=1S/C10H8ClN3OS/c11-7-1-3-8(4-2-7)16-10(15)14-9-12-5-6-13-9/h1-6H,(H2,12,13,14,15). The number of nitrogens with zero attached hydrogens (tertiary/aromatic N) is 1. The minimum absolute atomic E-state index is 0.197. The van der Waals surface area contributed by atoms with Gasteiger partial charge in [-0.05, 0) is 36.0 Å². The Morgan fingerprint density at radius 2 is 2.12 bits per heavy atom. The van der Waals surface area contributed by atoms with Crippen LogP contribution in [0.15, 0.2) is 41.6 Å². The maximum absolute atomic E-state index is 11.5. The lowest BCUT2D eigenvalue weighted by Gasteiger charge is -2.01. The molecule has 0 radical (unpaired) electrons. The Kier molecular flexibility index (Phi) is 3.48. The smallest absolute Gasteiger partial charge is 0.290 e. The summed E-state index contributed by atoms with van der Waals surface area (Å²) in [4.78, 5) is 19.0. The summed E-state index contributed by atoms with van der Waals surface area (Å²) < 4.78 is 0. The topological polar surface area (TPSA) is 57.8 Å². The molecule has 0 aliphatic heterocycles. The number of thioether (sulfide) groups is 1. The lowest BCUT2D eigenvalue weighted by molar-refractivity contribution is 0.269. The number of aromatic nitrogens is 2. The van der Waals surface area contributed by atoms with E-state index in [0.29, 0.717) is 11.0 Å². The van der Waals surface area contributed by atoms with E-state index < -0.39 is 0 Å². The summed E-state index contributed by atoms with van der Waals surface area (Å²) in [5, 5.41) is 3.06. The number of benzene rings is 1. The molecule has 2 rings (SSSR count). The number of aromatic amines is 1. The quantitative estimate of drug-likeness (QED) is 0.807. The number of anilines is 1. The molecule has 1 aromatic heterocycles. The highest BCUT2D eigenvalue weighted by Crippen LogP contribution is 2.21. The van der Waals surface area contributed by atoms with Crippen molar-refractivity contribution >= 4 is 34.6 Å². The summed E-state index contributed by atoms with van der Waals surface area (Å²) in [7, 11) is 0. The molecule has 2 aromatic rings. The third kappa shape index (κ3) is 3.01. The number of hydrogen-bond donors (Lipinski definition) is 2. The van der Waals surface area contributed by atoms with Crippen LogP contribution in [0.2, 0.25) is 5.02 Å². The van der Waals surface area contributed by atoms with Crippen molar-refractivity contribution < 1.29 is 4.79 Å². The summed E-state index contributed by atoms with van der Waals surface area (Å²) in [6.45, 7) is 0. The fraction of sp³-hybridized carbons (Fsp3) is 0. The number of H-pyrrole nitrogens is 1. The van der Waals surface area contributed by atoms with E-state index in [1.54, 1.807) is 36.7 Å². The number of halogens is 1. The van der Waals surface area contributed by atoms with Crippen LogP contribution < -0.4 is 5.32 Å². The molecule has 16 heavy (non-hydrogen) atoms. The molecule has 0 saturated carbocycles. The lowest BCUT2D eigenvalue weighted by atomic mass is 10.4. The molecule has 82 valence electrons. The van der Waals surface area contributed by atoms with Crippen LogP contribution in [0.5, 0.6) is 0 Å². The predicted octanol–water partition coefficient (Wildman–Crippen LogP) is 3.39. The van der Waals surface area contributed by atoms with Crippen LogP contribution in [-0.4, -0.2) is 15.2 Å². The predicted molar refractivity (Wildman–Crippen MR) is 64.9 cm³/mol. The molecule has 0 aliphatic carbocycles. The monoisotopic (exact) mass is 253 g/mol. The molecule has 0 spiro atoms. The van der Waals surface area contributed by atoms with Crippen LogP contribution >= 0.6 is 23.4 Å². The number of carbonyl (C=O) groups is 1. The first-order valence-corrected chi connectivity index (χ1v) is 5.67. The fourth-order valence-corrected chi connectivity index (χ4v) is 1.83. The minimum atomic E-state index is -0.197. The number of amides is 1. The van der Waals surface area contributed by atoms with Crippen molar-refractivity contribution in [1.29, 1.82) is 0 Å². The molecule has 4 nitrogen and oxygen atoms in total. The number of rotatable bonds is 2. The highest BCUT2D eigenvalue weighted by atomic mass is 35.5. The van der Waals surface area contributed by atoms with Crippen molar-refractivity contribution in [2.75, 3.05) is 5.32 Å². The van der Waals surface area contributed by atoms with Crippen LogP contribution in [0.4, 0.5) is 10.7 Å². The van der Waals surface area contributed by atoms with Gasteiger partial charge in [0.15, 0.2) is 0 Å². The number of hydrogen-bond acceptors (Lipinski definition) is 3. The molecule has 2 N–H and O–H groups in total. The average Bonchev–Trinajstić information content (AvgIpc) is 2.74. The number of nitrogens with one attached hydrogen (secondary N) is 2. The first kappa shape index (κ1) is 11.0. The minimum Gasteiger partial charge on any atom is -0.331 e. The van der Waals surface area contributed by atoms with Crippen molar-refractivity contribution in [3.63, 3.8) is 0 Å². The van der Waals surface area contributed by atoms with Gasteiger partial charge >= 0.3 is 0 Å². The Balaban J connectivity index is 1.95. The van der Waals surface area contributed by atoms with Crippen LogP contribution in [-0.2, 0) is 0 Å². The molecular weight excluding hydrogens is 246 g/mol. The van der Waals surface area contributed by atoms with E-state index in [4.69, 9.17) is 11.6 Å². The van der Waals surface area contributed by atoms with Gasteiger partial charge in [-0.3, -0.25) is 10.1 Å². The maximum atomic E-state index is 11.5. The summed E-state index contributed by atoms with van der Waals surface area (Å²) >= 11 is 6.82. The molecule has 1 amide bonds. The van der Waals surface area contributed by atoms with Crippen LogP contribution in [0.25, 0.3) is 0 Å². The summed E-state index contributed by atoms with van der Waals surface area (Å²) in [5.41, 5.74) is 0. The highest BCUT2D eigenvalue weighted by Gasteiger charge is 2.05. The van der Waals surface area contributed by atoms with Gasteiger partial charge in [0.2, 0.25) is 5.95 Å². The molecular formula is C10H8ClN3OS. The Hall–Kier alpha value is -1.46. The Bertz CT molecular complexity index is 469. The first-order chi connectivity index (χ1) is 7.74. The maximum Gasteiger partial charge on any atom is 0.290 e. The van der Waals surface area contributed by atoms with Crippen LogP contribution in [0.3, 0.4) is 0 Å². The Morgan fingerprint density at radius 1 is 1.38 bits per heavy atom. The van der Waals surface area contributed by atoms with Gasteiger partial charge in [-0.25, -0.2) is 4.98 Å². The molecule has 0 aliphatic rings. The van der Waals surface area contributed by atoms with Gasteiger partial charge in [0.1, 0.15) is 0 Å². The van der Waals surface area contributed by atoms with Gasteiger partial charge in [0.25, 0.3) is 5.24 Å². The number of carbonyl (C=O) groups excluding carboxylic acids is 1. The third-order valence-corrected chi connectivity index (χ3v) is 2.79. The van der Waals surface area contributed by atoms with Gasteiger partial charge < -0.3 is 4.98 Å². The van der Waals surface area contributed by atoms with E-state index in [1.807, 2.05) is 0 Å². The van der Waals surface area contributed by atoms with E-state index in [-0.39, 0.29) is 5.24 Å². The van der Waals surface area contributed by atoms with E-state index in [1.165, 1.54) is 0 Å². The van der Waals surface area contributed by atoms with Gasteiger partial charge in [-0.15, -0.1) is 0 Å². The first-order valence-electron chi connectivity index (χ1n) is 4.48. The average molecular weight is 254 g/mol. The second-order valence-electron chi connectivity index (χ2n) is 2.91. The van der Waals surface area contributed by atoms with Gasteiger partial charge in [0, 0.05) is 22.3 Å². The zero-order valence-corrected chi connectivity index (χ0v) is 9.68. The van der Waals surface area contributed by atoms with Gasteiger partial charge in [0.05, 0.1) is 0 Å². The normalized spacial score (nSPS) is 10.1. The lowest BCUT2D eigenvalue weighted by Crippen LogP contribution is -2.05. The second-order valence-corrected chi connectivity index (χ2v) is 4.39. The van der Waals surface area contributed by atoms with E-state index in [0.717, 1.165) is 16.7 Å². The van der Waals surface area contributed by atoms with E-state index in [2.05, 4.69) is 15.3 Å². The van der Waals surface area contributed by atoms with Crippen molar-refractivity contribution in [2.24, 2.45) is 0 Å².